The first kappa shape index (κ1) is 16.8. The zero-order valence-corrected chi connectivity index (χ0v) is 16.1. The molecule has 3 nitrogen and oxygen atoms in total. The maximum Gasteiger partial charge on any atom is 0.267 e. The van der Waals surface area contributed by atoms with Crippen LogP contribution < -0.4 is 5.32 Å². The summed E-state index contributed by atoms with van der Waals surface area (Å²) in [4.78, 5) is 13.6. The number of benzene rings is 2. The van der Waals surface area contributed by atoms with E-state index in [1.807, 2.05) is 76.9 Å². The van der Waals surface area contributed by atoms with E-state index in [0.717, 1.165) is 27.0 Å². The van der Waals surface area contributed by atoms with Crippen molar-refractivity contribution in [3.8, 4) is 16.8 Å². The molecule has 1 N–H and O–H groups in total. The molecule has 0 unspecified atom stereocenters. The Morgan fingerprint density at radius 2 is 1.62 bits per heavy atom. The van der Waals surface area contributed by atoms with E-state index in [2.05, 4.69) is 33.4 Å². The van der Waals surface area contributed by atoms with Crippen LogP contribution in [0.3, 0.4) is 0 Å². The number of rotatable bonds is 4. The Kier molecular flexibility index (Phi) is 4.73. The van der Waals surface area contributed by atoms with E-state index in [9.17, 15) is 4.79 Å². The fraction of sp³-hybridized carbons (Fsp3) is 0. The van der Waals surface area contributed by atoms with Crippen molar-refractivity contribution in [3.63, 3.8) is 0 Å². The van der Waals surface area contributed by atoms with Crippen molar-refractivity contribution < 1.29 is 4.79 Å². The Labute approximate surface area is 164 Å². The van der Waals surface area contributed by atoms with Crippen molar-refractivity contribution in [2.75, 3.05) is 5.32 Å². The van der Waals surface area contributed by atoms with Gasteiger partial charge in [-0.15, -0.1) is 11.3 Å². The third-order valence-corrected chi connectivity index (χ3v) is 5.52. The van der Waals surface area contributed by atoms with Crippen molar-refractivity contribution in [1.82, 2.24) is 4.57 Å². The molecule has 0 aliphatic carbocycles. The molecule has 5 heteroatoms. The number of anilines is 1. The summed E-state index contributed by atoms with van der Waals surface area (Å²) in [6, 6.07) is 21.6. The van der Waals surface area contributed by atoms with Gasteiger partial charge in [-0.25, -0.2) is 0 Å². The third-order valence-electron chi connectivity index (χ3n) is 4.02. The number of aromatic nitrogens is 1. The molecule has 0 bridgehead atoms. The Balaban J connectivity index is 1.75. The Morgan fingerprint density at radius 1 is 0.923 bits per heavy atom. The van der Waals surface area contributed by atoms with Crippen LogP contribution in [-0.4, -0.2) is 10.5 Å². The van der Waals surface area contributed by atoms with Gasteiger partial charge in [0.25, 0.3) is 5.91 Å². The van der Waals surface area contributed by atoms with Crippen LogP contribution in [0.1, 0.15) is 9.67 Å². The number of hydrogen-bond acceptors (Lipinski definition) is 2. The van der Waals surface area contributed by atoms with Gasteiger partial charge in [0.15, 0.2) is 0 Å². The van der Waals surface area contributed by atoms with Crippen molar-refractivity contribution >= 4 is 38.9 Å². The molecular weight excluding hydrogens is 408 g/mol. The molecule has 0 saturated carbocycles. The summed E-state index contributed by atoms with van der Waals surface area (Å²) in [6.07, 6.45) is 3.93. The van der Waals surface area contributed by atoms with Crippen LogP contribution in [0.25, 0.3) is 16.8 Å². The van der Waals surface area contributed by atoms with Crippen LogP contribution in [0.15, 0.2) is 89.0 Å². The number of amides is 1. The van der Waals surface area contributed by atoms with Gasteiger partial charge >= 0.3 is 0 Å². The quantitative estimate of drug-likeness (QED) is 0.415. The maximum atomic E-state index is 12.9. The van der Waals surface area contributed by atoms with E-state index < -0.39 is 0 Å². The first-order valence-corrected chi connectivity index (χ1v) is 9.77. The first-order valence-electron chi connectivity index (χ1n) is 8.09. The van der Waals surface area contributed by atoms with Gasteiger partial charge in [0.2, 0.25) is 0 Å². The highest BCUT2D eigenvalue weighted by Crippen LogP contribution is 2.35. The third kappa shape index (κ3) is 3.36. The zero-order chi connectivity index (χ0) is 17.9. The summed E-state index contributed by atoms with van der Waals surface area (Å²) in [7, 11) is 0. The second-order valence-corrected chi connectivity index (χ2v) is 7.54. The van der Waals surface area contributed by atoms with Gasteiger partial charge in [0, 0.05) is 33.5 Å². The minimum absolute atomic E-state index is 0.108. The molecule has 128 valence electrons. The number of nitrogens with one attached hydrogen (secondary N) is 1. The maximum absolute atomic E-state index is 12.9. The lowest BCUT2D eigenvalue weighted by molar-refractivity contribution is 0.103. The number of hydrogen-bond donors (Lipinski definition) is 1. The number of nitrogens with zero attached hydrogens (tertiary/aromatic N) is 1. The van der Waals surface area contributed by atoms with Gasteiger partial charge in [-0.05, 0) is 42.0 Å². The van der Waals surface area contributed by atoms with E-state index in [1.54, 1.807) is 0 Å². The predicted molar refractivity (Wildman–Crippen MR) is 111 cm³/mol. The highest BCUT2D eigenvalue weighted by molar-refractivity contribution is 9.10. The fourth-order valence-electron chi connectivity index (χ4n) is 2.80. The molecule has 0 aliphatic rings. The van der Waals surface area contributed by atoms with Gasteiger partial charge in [0.05, 0.1) is 5.69 Å². The molecule has 2 aromatic heterocycles. The van der Waals surface area contributed by atoms with Crippen molar-refractivity contribution in [2.45, 2.75) is 0 Å². The average Bonchev–Trinajstić information content (AvgIpc) is 3.33. The molecular formula is C21H15BrN2OS. The van der Waals surface area contributed by atoms with Gasteiger partial charge < -0.3 is 9.88 Å². The Hall–Kier alpha value is -2.63. The number of carbonyl (C=O) groups is 1. The largest absolute Gasteiger partial charge is 0.322 e. The predicted octanol–water partition coefficient (Wildman–Crippen LogP) is 6.22. The standard InChI is InChI=1S/C21H15BrN2OS/c22-16-8-10-17(11-9-16)23-21(25)20-19(24-12-4-5-13-24)18(14-26-20)15-6-2-1-3-7-15/h1-14H,(H,23,25). The van der Waals surface area contributed by atoms with Crippen LogP contribution in [0, 0.1) is 0 Å². The van der Waals surface area contributed by atoms with Crippen LogP contribution in [0.4, 0.5) is 5.69 Å². The highest BCUT2D eigenvalue weighted by Gasteiger charge is 2.20. The van der Waals surface area contributed by atoms with Gasteiger partial charge in [-0.3, -0.25) is 4.79 Å². The van der Waals surface area contributed by atoms with Crippen LogP contribution in [0.2, 0.25) is 0 Å². The lowest BCUT2D eigenvalue weighted by Gasteiger charge is -2.10. The summed E-state index contributed by atoms with van der Waals surface area (Å²) in [6.45, 7) is 0. The lowest BCUT2D eigenvalue weighted by atomic mass is 10.1. The SMILES string of the molecule is O=C(Nc1ccc(Br)cc1)c1scc(-c2ccccc2)c1-n1cccc1. The van der Waals surface area contributed by atoms with E-state index in [-0.39, 0.29) is 5.91 Å². The summed E-state index contributed by atoms with van der Waals surface area (Å²) in [5, 5.41) is 5.03. The number of carbonyl (C=O) groups excluding carboxylic acids is 1. The summed E-state index contributed by atoms with van der Waals surface area (Å²) in [5.41, 5.74) is 3.81. The average molecular weight is 423 g/mol. The molecule has 4 rings (SSSR count). The highest BCUT2D eigenvalue weighted by atomic mass is 79.9. The molecule has 0 atom stereocenters. The minimum Gasteiger partial charge on any atom is -0.322 e. The van der Waals surface area contributed by atoms with Crippen LogP contribution in [0.5, 0.6) is 0 Å². The second-order valence-electron chi connectivity index (χ2n) is 5.74. The molecule has 0 saturated heterocycles. The lowest BCUT2D eigenvalue weighted by Crippen LogP contribution is -2.12. The first-order chi connectivity index (χ1) is 12.7. The summed E-state index contributed by atoms with van der Waals surface area (Å²) in [5.74, 6) is -0.108. The molecule has 2 heterocycles. The Morgan fingerprint density at radius 3 is 2.31 bits per heavy atom. The molecule has 1 amide bonds. The topological polar surface area (TPSA) is 34.0 Å². The van der Waals surface area contributed by atoms with Gasteiger partial charge in [0.1, 0.15) is 4.88 Å². The molecule has 4 aromatic rings. The molecule has 0 radical (unpaired) electrons. The van der Waals surface area contributed by atoms with E-state index in [1.165, 1.54) is 11.3 Å². The minimum atomic E-state index is -0.108. The van der Waals surface area contributed by atoms with Crippen molar-refractivity contribution in [1.29, 1.82) is 0 Å². The van der Waals surface area contributed by atoms with Crippen molar-refractivity contribution in [3.05, 3.63) is 93.9 Å². The number of thiophene rings is 1. The van der Waals surface area contributed by atoms with Crippen LogP contribution in [-0.2, 0) is 0 Å². The molecule has 26 heavy (non-hydrogen) atoms. The Bertz CT molecular complexity index is 1020. The molecule has 2 aromatic carbocycles. The smallest absolute Gasteiger partial charge is 0.267 e. The van der Waals surface area contributed by atoms with E-state index >= 15 is 0 Å². The molecule has 0 spiro atoms. The normalized spacial score (nSPS) is 10.7. The van der Waals surface area contributed by atoms with Gasteiger partial charge in [-0.2, -0.15) is 0 Å². The molecule has 0 aliphatic heterocycles. The van der Waals surface area contributed by atoms with E-state index in [4.69, 9.17) is 0 Å². The summed E-state index contributed by atoms with van der Waals surface area (Å²) >= 11 is 4.87. The monoisotopic (exact) mass is 422 g/mol. The summed E-state index contributed by atoms with van der Waals surface area (Å²) < 4.78 is 2.97. The van der Waals surface area contributed by atoms with Crippen LogP contribution >= 0.6 is 27.3 Å². The number of halogens is 1. The zero-order valence-electron chi connectivity index (χ0n) is 13.7. The second kappa shape index (κ2) is 7.32. The van der Waals surface area contributed by atoms with E-state index in [0.29, 0.717) is 4.88 Å². The van der Waals surface area contributed by atoms with Gasteiger partial charge in [-0.1, -0.05) is 46.3 Å². The van der Waals surface area contributed by atoms with Crippen molar-refractivity contribution in [2.24, 2.45) is 0 Å². The fourth-order valence-corrected chi connectivity index (χ4v) is 4.03. The molecule has 0 fully saturated rings.